The molecule has 0 saturated carbocycles. The summed E-state index contributed by atoms with van der Waals surface area (Å²) in [6.07, 6.45) is 0. The number of nitro groups is 1. The van der Waals surface area contributed by atoms with Crippen LogP contribution in [0.4, 0.5) is 5.69 Å². The molecule has 0 bridgehead atoms. The molecule has 0 amide bonds. The van der Waals surface area contributed by atoms with E-state index in [2.05, 4.69) is 15.9 Å². The van der Waals surface area contributed by atoms with Gasteiger partial charge in [-0.25, -0.2) is 0 Å². The van der Waals surface area contributed by atoms with Crippen molar-refractivity contribution in [1.29, 1.82) is 0 Å². The van der Waals surface area contributed by atoms with Gasteiger partial charge in [-0.05, 0) is 39.2 Å². The van der Waals surface area contributed by atoms with Crippen LogP contribution in [0.15, 0.2) is 22.7 Å². The number of non-ortho nitro benzene ring substituents is 1. The van der Waals surface area contributed by atoms with Crippen LogP contribution < -0.4 is 5.46 Å². The number of nitrogens with zero attached hydrogens (tertiary/aromatic N) is 1. The maximum absolute atomic E-state index is 10.9. The summed E-state index contributed by atoms with van der Waals surface area (Å²) in [4.78, 5) is 10.4. The first-order valence-corrected chi connectivity index (χ1v) is 6.72. The Morgan fingerprint density at radius 1 is 1.16 bits per heavy atom. The largest absolute Gasteiger partial charge is 0.495 e. The van der Waals surface area contributed by atoms with Gasteiger partial charge in [0.05, 0.1) is 16.1 Å². The molecule has 2 rings (SSSR count). The summed E-state index contributed by atoms with van der Waals surface area (Å²) >= 11 is 3.27. The molecule has 1 heterocycles. The second-order valence-corrected chi connectivity index (χ2v) is 6.50. The lowest BCUT2D eigenvalue weighted by Crippen LogP contribution is -2.41. The van der Waals surface area contributed by atoms with Crippen LogP contribution in [0.2, 0.25) is 0 Å². The fourth-order valence-electron chi connectivity index (χ4n) is 1.82. The summed E-state index contributed by atoms with van der Waals surface area (Å²) in [6.45, 7) is 7.78. The summed E-state index contributed by atoms with van der Waals surface area (Å²) in [5, 5.41) is 10.9. The summed E-state index contributed by atoms with van der Waals surface area (Å²) in [5.41, 5.74) is -0.275. The van der Waals surface area contributed by atoms with Gasteiger partial charge in [0.1, 0.15) is 0 Å². The average Bonchev–Trinajstić information content (AvgIpc) is 2.47. The van der Waals surface area contributed by atoms with Crippen molar-refractivity contribution in [3.63, 3.8) is 0 Å². The quantitative estimate of drug-likeness (QED) is 0.476. The molecule has 7 heteroatoms. The highest BCUT2D eigenvalue weighted by Crippen LogP contribution is 2.36. The molecule has 19 heavy (non-hydrogen) atoms. The molecular weight excluding hydrogens is 313 g/mol. The minimum Gasteiger partial charge on any atom is -0.399 e. The minimum atomic E-state index is -0.596. The molecule has 1 aliphatic heterocycles. The average molecular weight is 328 g/mol. The third-order valence-electron chi connectivity index (χ3n) is 3.64. The second-order valence-electron chi connectivity index (χ2n) is 5.59. The Morgan fingerprint density at radius 2 is 1.68 bits per heavy atom. The maximum atomic E-state index is 10.9. The van der Waals surface area contributed by atoms with E-state index < -0.39 is 23.2 Å². The molecule has 1 aromatic carbocycles. The van der Waals surface area contributed by atoms with Gasteiger partial charge in [0.2, 0.25) is 0 Å². The zero-order chi connectivity index (χ0) is 14.4. The van der Waals surface area contributed by atoms with Gasteiger partial charge in [0.15, 0.2) is 0 Å². The van der Waals surface area contributed by atoms with Crippen LogP contribution in [0.5, 0.6) is 0 Å². The van der Waals surface area contributed by atoms with Gasteiger partial charge in [0.25, 0.3) is 5.69 Å². The lowest BCUT2D eigenvalue weighted by atomic mass is 9.79. The first-order chi connectivity index (χ1) is 8.62. The van der Waals surface area contributed by atoms with Crippen LogP contribution >= 0.6 is 15.9 Å². The monoisotopic (exact) mass is 327 g/mol. The van der Waals surface area contributed by atoms with Crippen molar-refractivity contribution in [3.8, 4) is 0 Å². The summed E-state index contributed by atoms with van der Waals surface area (Å²) in [7, 11) is -0.596. The molecule has 0 N–H and O–H groups in total. The predicted molar refractivity (Wildman–Crippen MR) is 76.5 cm³/mol. The molecule has 1 saturated heterocycles. The Kier molecular flexibility index (Phi) is 3.49. The van der Waals surface area contributed by atoms with E-state index in [1.807, 2.05) is 27.7 Å². The molecule has 0 aromatic heterocycles. The molecule has 5 nitrogen and oxygen atoms in total. The van der Waals surface area contributed by atoms with Gasteiger partial charge < -0.3 is 9.31 Å². The van der Waals surface area contributed by atoms with Crippen LogP contribution in [0.25, 0.3) is 0 Å². The van der Waals surface area contributed by atoms with E-state index in [-0.39, 0.29) is 5.69 Å². The highest BCUT2D eigenvalue weighted by molar-refractivity contribution is 9.10. The molecule has 0 unspecified atom stereocenters. The minimum absolute atomic E-state index is 0.0130. The summed E-state index contributed by atoms with van der Waals surface area (Å²) < 4.78 is 12.4. The number of nitro benzene ring substituents is 1. The number of rotatable bonds is 2. The van der Waals surface area contributed by atoms with Crippen LogP contribution in [0.1, 0.15) is 27.7 Å². The molecule has 0 radical (unpaired) electrons. The summed E-state index contributed by atoms with van der Waals surface area (Å²) in [6, 6.07) is 4.71. The second kappa shape index (κ2) is 4.57. The highest BCUT2D eigenvalue weighted by atomic mass is 79.9. The number of hydrogen-bond donors (Lipinski definition) is 0. The van der Waals surface area contributed by atoms with Gasteiger partial charge in [-0.3, -0.25) is 10.1 Å². The molecule has 0 atom stereocenters. The van der Waals surface area contributed by atoms with E-state index in [0.717, 1.165) is 0 Å². The van der Waals surface area contributed by atoms with E-state index in [1.165, 1.54) is 12.1 Å². The van der Waals surface area contributed by atoms with E-state index in [1.54, 1.807) is 6.07 Å². The lowest BCUT2D eigenvalue weighted by molar-refractivity contribution is -0.384. The van der Waals surface area contributed by atoms with Crippen molar-refractivity contribution in [2.75, 3.05) is 0 Å². The Morgan fingerprint density at radius 3 is 2.16 bits per heavy atom. The number of benzene rings is 1. The van der Waals surface area contributed by atoms with Gasteiger partial charge >= 0.3 is 7.12 Å². The van der Waals surface area contributed by atoms with Crippen molar-refractivity contribution in [2.45, 2.75) is 38.9 Å². The van der Waals surface area contributed by atoms with E-state index in [0.29, 0.717) is 9.94 Å². The van der Waals surface area contributed by atoms with Gasteiger partial charge in [-0.1, -0.05) is 15.9 Å². The third kappa shape index (κ3) is 2.68. The predicted octanol–water partition coefficient (Wildman–Crippen LogP) is 2.66. The molecule has 1 fully saturated rings. The first-order valence-electron chi connectivity index (χ1n) is 5.93. The fraction of sp³-hybridized carbons (Fsp3) is 0.500. The maximum Gasteiger partial charge on any atom is 0.495 e. The van der Waals surface area contributed by atoms with Crippen molar-refractivity contribution in [1.82, 2.24) is 0 Å². The molecule has 102 valence electrons. The topological polar surface area (TPSA) is 61.6 Å². The van der Waals surface area contributed by atoms with Crippen molar-refractivity contribution in [3.05, 3.63) is 32.8 Å². The van der Waals surface area contributed by atoms with Crippen LogP contribution in [-0.2, 0) is 9.31 Å². The van der Waals surface area contributed by atoms with Gasteiger partial charge in [0, 0.05) is 16.6 Å². The number of halogens is 1. The van der Waals surface area contributed by atoms with Crippen LogP contribution in [0, 0.1) is 10.1 Å². The molecular formula is C12H15BBrNO4. The standard InChI is InChI=1S/C12H15BBrNO4/c1-11(2)12(3,4)19-13(18-11)8-5-9(14)7-10(6-8)15(16)17/h5-7H,1-4H3. The fourth-order valence-corrected chi connectivity index (χ4v) is 2.32. The van der Waals surface area contributed by atoms with Crippen molar-refractivity contribution in [2.24, 2.45) is 0 Å². The normalized spacial score (nSPS) is 20.6. The first kappa shape index (κ1) is 14.5. The Balaban J connectivity index is 2.37. The smallest absolute Gasteiger partial charge is 0.399 e. The SMILES string of the molecule is CC1(C)OB(c2cc(Br)cc([N+](=O)[O-])c2)OC1(C)C. The Hall–Kier alpha value is -0.915. The van der Waals surface area contributed by atoms with Gasteiger partial charge in [-0.2, -0.15) is 0 Å². The number of hydrogen-bond acceptors (Lipinski definition) is 4. The van der Waals surface area contributed by atoms with E-state index >= 15 is 0 Å². The van der Waals surface area contributed by atoms with Gasteiger partial charge in [-0.15, -0.1) is 0 Å². The van der Waals surface area contributed by atoms with Crippen LogP contribution in [0.3, 0.4) is 0 Å². The Bertz CT molecular complexity index is 516. The van der Waals surface area contributed by atoms with E-state index in [9.17, 15) is 10.1 Å². The third-order valence-corrected chi connectivity index (χ3v) is 4.10. The zero-order valence-corrected chi connectivity index (χ0v) is 12.9. The van der Waals surface area contributed by atoms with E-state index in [4.69, 9.17) is 9.31 Å². The molecule has 0 spiro atoms. The Labute approximate surface area is 120 Å². The highest BCUT2D eigenvalue weighted by Gasteiger charge is 2.51. The lowest BCUT2D eigenvalue weighted by Gasteiger charge is -2.32. The zero-order valence-electron chi connectivity index (χ0n) is 11.3. The summed E-state index contributed by atoms with van der Waals surface area (Å²) in [5.74, 6) is 0. The van der Waals surface area contributed by atoms with Crippen LogP contribution in [-0.4, -0.2) is 23.2 Å². The molecule has 0 aliphatic carbocycles. The van der Waals surface area contributed by atoms with Crippen molar-refractivity contribution < 1.29 is 14.2 Å². The van der Waals surface area contributed by atoms with Crippen molar-refractivity contribution >= 4 is 34.2 Å². The molecule has 1 aromatic rings. The molecule has 1 aliphatic rings.